The summed E-state index contributed by atoms with van der Waals surface area (Å²) in [5, 5.41) is 8.12. The summed E-state index contributed by atoms with van der Waals surface area (Å²) in [5.74, 6) is 0. The molecule has 2 N–H and O–H groups in total. The Labute approximate surface area is 191 Å². The smallest absolute Gasteiger partial charge is 0.319 e. The van der Waals surface area contributed by atoms with E-state index in [1.54, 1.807) is 23.1 Å². The highest BCUT2D eigenvalue weighted by Crippen LogP contribution is 2.30. The van der Waals surface area contributed by atoms with Crippen LogP contribution in [0.25, 0.3) is 0 Å². The van der Waals surface area contributed by atoms with E-state index in [4.69, 9.17) is 0 Å². The zero-order chi connectivity index (χ0) is 21.5. The lowest BCUT2D eigenvalue weighted by Gasteiger charge is -2.32. The molecule has 2 amide bonds. The number of thiazole rings is 1. The second kappa shape index (κ2) is 10.7. The third kappa shape index (κ3) is 6.78. The van der Waals surface area contributed by atoms with Crippen LogP contribution in [0.4, 0.5) is 10.5 Å². The standard InChI is InChI=1S/C23H27N5OS2/c1-17-16-30-23(25-17)31-21-4-2-19(3-5-21)26-22(29)27-20-9-14-28(15-10-20)13-8-18-6-11-24-12-7-18/h2-7,11-12,16,20H,8-10,13-15H2,1H3,(H2,26,27,29). The van der Waals surface area contributed by atoms with Gasteiger partial charge in [0, 0.05) is 59.7 Å². The number of benzene rings is 1. The number of urea groups is 1. The van der Waals surface area contributed by atoms with Crippen molar-refractivity contribution in [2.75, 3.05) is 25.0 Å². The summed E-state index contributed by atoms with van der Waals surface area (Å²) in [5.41, 5.74) is 3.16. The van der Waals surface area contributed by atoms with Gasteiger partial charge in [0.05, 0.1) is 0 Å². The lowest BCUT2D eigenvalue weighted by molar-refractivity contribution is 0.197. The third-order valence-electron chi connectivity index (χ3n) is 5.30. The molecule has 1 aliphatic rings. The van der Waals surface area contributed by atoms with Crippen molar-refractivity contribution in [3.63, 3.8) is 0 Å². The second-order valence-corrected chi connectivity index (χ2v) is 9.88. The Hall–Kier alpha value is -2.42. The van der Waals surface area contributed by atoms with Gasteiger partial charge in [-0.1, -0.05) is 11.8 Å². The maximum atomic E-state index is 12.4. The van der Waals surface area contributed by atoms with Crippen LogP contribution >= 0.6 is 23.1 Å². The number of nitrogens with zero attached hydrogens (tertiary/aromatic N) is 3. The number of hydrogen-bond acceptors (Lipinski definition) is 6. The average molecular weight is 454 g/mol. The van der Waals surface area contributed by atoms with Crippen molar-refractivity contribution in [2.45, 2.75) is 41.5 Å². The molecule has 0 spiro atoms. The van der Waals surface area contributed by atoms with Gasteiger partial charge >= 0.3 is 6.03 Å². The summed E-state index contributed by atoms with van der Waals surface area (Å²) in [6.07, 6.45) is 6.69. The maximum absolute atomic E-state index is 12.4. The first-order chi connectivity index (χ1) is 15.1. The van der Waals surface area contributed by atoms with E-state index in [-0.39, 0.29) is 12.1 Å². The molecule has 0 unspecified atom stereocenters. The molecular formula is C23H27N5OS2. The number of carbonyl (C=O) groups is 1. The molecule has 1 fully saturated rings. The molecule has 0 bridgehead atoms. The average Bonchev–Trinajstić information content (AvgIpc) is 3.20. The number of pyridine rings is 1. The maximum Gasteiger partial charge on any atom is 0.319 e. The first-order valence-electron chi connectivity index (χ1n) is 10.5. The number of anilines is 1. The molecule has 6 nitrogen and oxygen atoms in total. The van der Waals surface area contributed by atoms with Crippen molar-refractivity contribution in [3.05, 3.63) is 65.4 Å². The molecule has 0 aliphatic carbocycles. The molecule has 1 aliphatic heterocycles. The number of carbonyl (C=O) groups excluding carboxylic acids is 1. The van der Waals surface area contributed by atoms with Gasteiger partial charge in [0.2, 0.25) is 0 Å². The third-order valence-corrected chi connectivity index (χ3v) is 7.37. The number of amides is 2. The number of hydrogen-bond donors (Lipinski definition) is 2. The number of aryl methyl sites for hydroxylation is 1. The van der Waals surface area contributed by atoms with Crippen molar-refractivity contribution in [1.82, 2.24) is 20.2 Å². The van der Waals surface area contributed by atoms with Crippen LogP contribution in [-0.2, 0) is 6.42 Å². The van der Waals surface area contributed by atoms with Crippen molar-refractivity contribution in [1.29, 1.82) is 0 Å². The van der Waals surface area contributed by atoms with E-state index in [2.05, 4.69) is 37.6 Å². The molecule has 4 rings (SSSR count). The molecule has 0 saturated carbocycles. The van der Waals surface area contributed by atoms with E-state index in [1.165, 1.54) is 5.56 Å². The van der Waals surface area contributed by atoms with Gasteiger partial charge in [0.25, 0.3) is 0 Å². The monoisotopic (exact) mass is 453 g/mol. The van der Waals surface area contributed by atoms with E-state index >= 15 is 0 Å². The molecule has 162 valence electrons. The summed E-state index contributed by atoms with van der Waals surface area (Å²) < 4.78 is 1.03. The summed E-state index contributed by atoms with van der Waals surface area (Å²) in [4.78, 5) is 24.5. The van der Waals surface area contributed by atoms with Crippen molar-refractivity contribution < 1.29 is 4.79 Å². The second-order valence-electron chi connectivity index (χ2n) is 7.70. The summed E-state index contributed by atoms with van der Waals surface area (Å²) in [7, 11) is 0. The Balaban J connectivity index is 1.17. The van der Waals surface area contributed by atoms with Crippen LogP contribution in [0.5, 0.6) is 0 Å². The van der Waals surface area contributed by atoms with Gasteiger partial charge < -0.3 is 15.5 Å². The van der Waals surface area contributed by atoms with E-state index in [1.807, 2.05) is 49.0 Å². The predicted octanol–water partition coefficient (Wildman–Crippen LogP) is 4.83. The van der Waals surface area contributed by atoms with Crippen molar-refractivity contribution in [2.24, 2.45) is 0 Å². The molecule has 0 radical (unpaired) electrons. The number of aromatic nitrogens is 2. The number of piperidine rings is 1. The largest absolute Gasteiger partial charge is 0.335 e. The lowest BCUT2D eigenvalue weighted by atomic mass is 10.0. The number of nitrogens with one attached hydrogen (secondary N) is 2. The zero-order valence-electron chi connectivity index (χ0n) is 17.6. The molecular weight excluding hydrogens is 426 g/mol. The van der Waals surface area contributed by atoms with Gasteiger partial charge in [0.1, 0.15) is 0 Å². The zero-order valence-corrected chi connectivity index (χ0v) is 19.2. The van der Waals surface area contributed by atoms with Gasteiger partial charge in [-0.05, 0) is 68.1 Å². The SMILES string of the molecule is Cc1csc(Sc2ccc(NC(=O)NC3CCN(CCc4ccncc4)CC3)cc2)n1. The van der Waals surface area contributed by atoms with Crippen molar-refractivity contribution in [3.8, 4) is 0 Å². The van der Waals surface area contributed by atoms with Crippen LogP contribution in [-0.4, -0.2) is 46.6 Å². The Morgan fingerprint density at radius 3 is 2.58 bits per heavy atom. The first-order valence-corrected chi connectivity index (χ1v) is 12.2. The van der Waals surface area contributed by atoms with Gasteiger partial charge in [-0.25, -0.2) is 9.78 Å². The molecule has 1 aromatic carbocycles. The molecule has 3 aromatic rings. The van der Waals surface area contributed by atoms with E-state index in [0.717, 1.165) is 59.5 Å². The number of likely N-dealkylation sites (tertiary alicyclic amines) is 1. The summed E-state index contributed by atoms with van der Waals surface area (Å²) in [6, 6.07) is 12.1. The molecule has 31 heavy (non-hydrogen) atoms. The van der Waals surface area contributed by atoms with E-state index < -0.39 is 0 Å². The van der Waals surface area contributed by atoms with E-state index in [0.29, 0.717) is 0 Å². The molecule has 1 saturated heterocycles. The van der Waals surface area contributed by atoms with Crippen LogP contribution in [0.1, 0.15) is 24.1 Å². The fraction of sp³-hybridized carbons (Fsp3) is 0.348. The van der Waals surface area contributed by atoms with Crippen molar-refractivity contribution >= 4 is 34.8 Å². The Morgan fingerprint density at radius 2 is 1.90 bits per heavy atom. The fourth-order valence-electron chi connectivity index (χ4n) is 3.58. The molecule has 8 heteroatoms. The Morgan fingerprint density at radius 1 is 1.16 bits per heavy atom. The first kappa shape index (κ1) is 21.8. The van der Waals surface area contributed by atoms with Gasteiger partial charge in [0.15, 0.2) is 4.34 Å². The number of rotatable bonds is 7. The van der Waals surface area contributed by atoms with Gasteiger partial charge in [-0.2, -0.15) is 0 Å². The van der Waals surface area contributed by atoms with Gasteiger partial charge in [-0.3, -0.25) is 4.98 Å². The Bertz CT molecular complexity index is 969. The summed E-state index contributed by atoms with van der Waals surface area (Å²) >= 11 is 3.29. The van der Waals surface area contributed by atoms with Crippen LogP contribution in [0.15, 0.2) is 63.4 Å². The minimum absolute atomic E-state index is 0.133. The fourth-order valence-corrected chi connectivity index (χ4v) is 5.39. The Kier molecular flexibility index (Phi) is 7.56. The van der Waals surface area contributed by atoms with Crippen LogP contribution in [0, 0.1) is 6.92 Å². The topological polar surface area (TPSA) is 70.2 Å². The van der Waals surface area contributed by atoms with E-state index in [9.17, 15) is 4.79 Å². The highest BCUT2D eigenvalue weighted by atomic mass is 32.2. The van der Waals surface area contributed by atoms with Crippen LogP contribution in [0.3, 0.4) is 0 Å². The quantitative estimate of drug-likeness (QED) is 0.536. The molecule has 3 heterocycles. The minimum atomic E-state index is -0.133. The normalized spacial score (nSPS) is 15.0. The van der Waals surface area contributed by atoms with Crippen LogP contribution < -0.4 is 10.6 Å². The highest BCUT2D eigenvalue weighted by Gasteiger charge is 2.20. The minimum Gasteiger partial charge on any atom is -0.335 e. The highest BCUT2D eigenvalue weighted by molar-refractivity contribution is 8.01. The lowest BCUT2D eigenvalue weighted by Crippen LogP contribution is -2.46. The summed E-state index contributed by atoms with van der Waals surface area (Å²) in [6.45, 7) is 5.07. The molecule has 0 atom stereocenters. The van der Waals surface area contributed by atoms with Crippen LogP contribution in [0.2, 0.25) is 0 Å². The molecule has 2 aromatic heterocycles. The predicted molar refractivity (Wildman–Crippen MR) is 127 cm³/mol. The van der Waals surface area contributed by atoms with Gasteiger partial charge in [-0.15, -0.1) is 11.3 Å².